The van der Waals surface area contributed by atoms with Crippen LogP contribution in [0.25, 0.3) is 0 Å². The molecule has 21 heavy (non-hydrogen) atoms. The third-order valence-corrected chi connectivity index (χ3v) is 3.43. The highest BCUT2D eigenvalue weighted by Gasteiger charge is 2.24. The molecule has 5 heteroatoms. The van der Waals surface area contributed by atoms with Crippen LogP contribution in [-0.4, -0.2) is 22.6 Å². The van der Waals surface area contributed by atoms with Gasteiger partial charge in [0.15, 0.2) is 0 Å². The molecule has 0 unspecified atom stereocenters. The summed E-state index contributed by atoms with van der Waals surface area (Å²) >= 11 is 0. The van der Waals surface area contributed by atoms with Gasteiger partial charge in [-0.05, 0) is 18.9 Å². The lowest BCUT2D eigenvalue weighted by Crippen LogP contribution is -2.26. The predicted molar refractivity (Wildman–Crippen MR) is 81.5 cm³/mol. The van der Waals surface area contributed by atoms with Crippen LogP contribution in [0.15, 0.2) is 42.6 Å². The number of amides is 1. The Morgan fingerprint density at radius 1 is 1.24 bits per heavy atom. The smallest absolute Gasteiger partial charge is 0.253 e. The Bertz CT molecular complexity index is 693. The summed E-state index contributed by atoms with van der Waals surface area (Å²) < 4.78 is 0. The molecule has 106 valence electrons. The summed E-state index contributed by atoms with van der Waals surface area (Å²) in [6.07, 6.45) is 3.51. The van der Waals surface area contributed by atoms with E-state index in [1.807, 2.05) is 30.3 Å². The quantitative estimate of drug-likeness (QED) is 0.748. The maximum absolute atomic E-state index is 12.1. The maximum atomic E-state index is 12.1. The summed E-state index contributed by atoms with van der Waals surface area (Å²) in [6, 6.07) is 11.2. The van der Waals surface area contributed by atoms with Crippen LogP contribution < -0.4 is 11.1 Å². The summed E-state index contributed by atoms with van der Waals surface area (Å²) in [5.74, 6) is 0.0962. The first-order valence-electron chi connectivity index (χ1n) is 6.86. The average molecular weight is 280 g/mol. The van der Waals surface area contributed by atoms with Gasteiger partial charge in [-0.1, -0.05) is 30.3 Å². The van der Waals surface area contributed by atoms with Crippen LogP contribution in [0.1, 0.15) is 34.3 Å². The zero-order chi connectivity index (χ0) is 14.8. The molecule has 0 spiro atoms. The minimum Gasteiger partial charge on any atom is -0.383 e. The Morgan fingerprint density at radius 2 is 1.95 bits per heavy atom. The molecular formula is C16H16N4O. The van der Waals surface area contributed by atoms with Crippen molar-refractivity contribution in [2.45, 2.75) is 18.9 Å². The fourth-order valence-electron chi connectivity index (χ4n) is 2.06. The molecule has 1 aromatic heterocycles. The van der Waals surface area contributed by atoms with Crippen molar-refractivity contribution in [3.63, 3.8) is 0 Å². The maximum Gasteiger partial charge on any atom is 0.253 e. The number of anilines is 1. The summed E-state index contributed by atoms with van der Waals surface area (Å²) in [5.41, 5.74) is 7.78. The number of carbonyl (C=O) groups excluding carboxylic acids is 1. The number of pyridine rings is 1. The highest BCUT2D eigenvalue weighted by atomic mass is 16.1. The molecule has 1 heterocycles. The van der Waals surface area contributed by atoms with E-state index in [-0.39, 0.29) is 23.5 Å². The lowest BCUT2D eigenvalue weighted by molar-refractivity contribution is 0.0950. The van der Waals surface area contributed by atoms with Gasteiger partial charge in [0.25, 0.3) is 5.91 Å². The minimum atomic E-state index is -0.160. The Morgan fingerprint density at radius 3 is 2.62 bits per heavy atom. The molecule has 0 aliphatic heterocycles. The summed E-state index contributed by atoms with van der Waals surface area (Å²) in [4.78, 5) is 16.1. The Labute approximate surface area is 122 Å². The van der Waals surface area contributed by atoms with Crippen molar-refractivity contribution in [3.05, 3.63) is 59.3 Å². The zero-order valence-electron chi connectivity index (χ0n) is 11.5. The molecular weight excluding hydrogens is 264 g/mol. The molecule has 2 aromatic rings. The van der Waals surface area contributed by atoms with Crippen molar-refractivity contribution in [3.8, 4) is 0 Å². The van der Waals surface area contributed by atoms with E-state index in [4.69, 9.17) is 11.1 Å². The molecule has 1 aromatic carbocycles. The van der Waals surface area contributed by atoms with Gasteiger partial charge < -0.3 is 11.1 Å². The molecule has 0 saturated heterocycles. The van der Waals surface area contributed by atoms with Crippen LogP contribution in [0.2, 0.25) is 0 Å². The molecule has 4 N–H and O–H groups in total. The van der Waals surface area contributed by atoms with Crippen LogP contribution in [0.3, 0.4) is 0 Å². The van der Waals surface area contributed by atoms with E-state index in [0.717, 1.165) is 18.4 Å². The number of nitrogens with two attached hydrogens (primary N) is 1. The summed E-state index contributed by atoms with van der Waals surface area (Å²) in [5, 5.41) is 11.2. The van der Waals surface area contributed by atoms with Crippen LogP contribution in [0, 0.1) is 5.41 Å². The van der Waals surface area contributed by atoms with Crippen LogP contribution >= 0.6 is 0 Å². The monoisotopic (exact) mass is 280 g/mol. The van der Waals surface area contributed by atoms with Crippen LogP contribution in [-0.2, 0) is 0 Å². The van der Waals surface area contributed by atoms with E-state index in [9.17, 15) is 4.79 Å². The van der Waals surface area contributed by atoms with Crippen molar-refractivity contribution in [2.24, 2.45) is 0 Å². The van der Waals surface area contributed by atoms with Gasteiger partial charge in [0, 0.05) is 23.4 Å². The molecule has 1 aliphatic rings. The number of nitrogens with zero attached hydrogens (tertiary/aromatic N) is 1. The van der Waals surface area contributed by atoms with Crippen molar-refractivity contribution < 1.29 is 4.79 Å². The van der Waals surface area contributed by atoms with Gasteiger partial charge in [0.1, 0.15) is 5.82 Å². The van der Waals surface area contributed by atoms with E-state index in [1.54, 1.807) is 6.07 Å². The number of hydrogen-bond donors (Lipinski definition) is 3. The minimum absolute atomic E-state index is 0.160. The van der Waals surface area contributed by atoms with Crippen molar-refractivity contribution >= 4 is 17.4 Å². The van der Waals surface area contributed by atoms with Crippen molar-refractivity contribution in [1.82, 2.24) is 10.3 Å². The molecule has 3 rings (SSSR count). The lowest BCUT2D eigenvalue weighted by atomic mass is 10.0. The molecule has 0 radical (unpaired) electrons. The van der Waals surface area contributed by atoms with Gasteiger partial charge in [-0.25, -0.2) is 4.98 Å². The fraction of sp³-hybridized carbons (Fsp3) is 0.188. The standard InChI is InChI=1S/C16H16N4O/c17-14(10-4-2-1-3-5-10)13-8-11(9-19-15(13)18)16(21)20-12-6-7-12/h1-5,8-9,12,17H,6-7H2,(H2,18,19)(H,20,21). The second-order valence-corrected chi connectivity index (χ2v) is 5.15. The lowest BCUT2D eigenvalue weighted by Gasteiger charge is -2.09. The van der Waals surface area contributed by atoms with Gasteiger partial charge in [-0.3, -0.25) is 10.2 Å². The van der Waals surface area contributed by atoms with E-state index >= 15 is 0 Å². The molecule has 1 saturated carbocycles. The summed E-state index contributed by atoms with van der Waals surface area (Å²) in [6.45, 7) is 0. The van der Waals surface area contributed by atoms with Crippen LogP contribution in [0.5, 0.6) is 0 Å². The van der Waals surface area contributed by atoms with Gasteiger partial charge in [0.2, 0.25) is 0 Å². The van der Waals surface area contributed by atoms with E-state index < -0.39 is 0 Å². The normalized spacial score (nSPS) is 13.7. The number of rotatable bonds is 4. The van der Waals surface area contributed by atoms with Crippen LogP contribution in [0.4, 0.5) is 5.82 Å². The van der Waals surface area contributed by atoms with Gasteiger partial charge in [0.05, 0.1) is 11.3 Å². The largest absolute Gasteiger partial charge is 0.383 e. The number of carbonyl (C=O) groups is 1. The van der Waals surface area contributed by atoms with E-state index in [2.05, 4.69) is 10.3 Å². The summed E-state index contributed by atoms with van der Waals surface area (Å²) in [7, 11) is 0. The Balaban J connectivity index is 1.90. The first kappa shape index (κ1) is 13.3. The Hall–Kier alpha value is -2.69. The molecule has 0 atom stereocenters. The second-order valence-electron chi connectivity index (χ2n) is 5.15. The van der Waals surface area contributed by atoms with Crippen molar-refractivity contribution in [1.29, 1.82) is 5.41 Å². The zero-order valence-corrected chi connectivity index (χ0v) is 11.5. The third kappa shape index (κ3) is 2.91. The first-order chi connectivity index (χ1) is 10.1. The number of nitrogen functional groups attached to an aromatic ring is 1. The van der Waals surface area contributed by atoms with Gasteiger partial charge >= 0.3 is 0 Å². The average Bonchev–Trinajstić information content (AvgIpc) is 3.32. The highest BCUT2D eigenvalue weighted by Crippen LogP contribution is 2.20. The predicted octanol–water partition coefficient (Wildman–Crippen LogP) is 1.97. The molecule has 0 bridgehead atoms. The number of aromatic nitrogens is 1. The van der Waals surface area contributed by atoms with Gasteiger partial charge in [-0.2, -0.15) is 0 Å². The molecule has 1 fully saturated rings. The third-order valence-electron chi connectivity index (χ3n) is 3.43. The number of hydrogen-bond acceptors (Lipinski definition) is 4. The van der Waals surface area contributed by atoms with Gasteiger partial charge in [-0.15, -0.1) is 0 Å². The molecule has 1 amide bonds. The SMILES string of the molecule is N=C(c1ccccc1)c1cc(C(=O)NC2CC2)cnc1N. The number of benzene rings is 1. The topological polar surface area (TPSA) is 91.9 Å². The van der Waals surface area contributed by atoms with Crippen molar-refractivity contribution in [2.75, 3.05) is 5.73 Å². The van der Waals surface area contributed by atoms with E-state index in [0.29, 0.717) is 11.1 Å². The fourth-order valence-corrected chi connectivity index (χ4v) is 2.06. The number of nitrogens with one attached hydrogen (secondary N) is 2. The van der Waals surface area contributed by atoms with E-state index in [1.165, 1.54) is 6.20 Å². The highest BCUT2D eigenvalue weighted by molar-refractivity contribution is 6.14. The second kappa shape index (κ2) is 5.36. The molecule has 5 nitrogen and oxygen atoms in total. The Kier molecular flexibility index (Phi) is 3.39. The first-order valence-corrected chi connectivity index (χ1v) is 6.86. The molecule has 1 aliphatic carbocycles.